The van der Waals surface area contributed by atoms with Crippen LogP contribution in [0.2, 0.25) is 0 Å². The van der Waals surface area contributed by atoms with Crippen molar-refractivity contribution >= 4 is 5.91 Å². The van der Waals surface area contributed by atoms with Gasteiger partial charge in [0.25, 0.3) is 5.91 Å². The fraction of sp³-hybridized carbons (Fsp3) is 0.333. The van der Waals surface area contributed by atoms with Gasteiger partial charge in [-0.25, -0.2) is 0 Å². The van der Waals surface area contributed by atoms with Crippen molar-refractivity contribution in [1.29, 1.82) is 0 Å². The van der Waals surface area contributed by atoms with E-state index in [1.807, 2.05) is 41.3 Å². The molecule has 1 saturated heterocycles. The summed E-state index contributed by atoms with van der Waals surface area (Å²) in [5.74, 6) is -0.0559. The number of hydrogen-bond donors (Lipinski definition) is 1. The molecule has 1 aromatic heterocycles. The van der Waals surface area contributed by atoms with Crippen molar-refractivity contribution < 1.29 is 4.79 Å². The van der Waals surface area contributed by atoms with Crippen LogP contribution in [-0.2, 0) is 19.6 Å². The third-order valence-corrected chi connectivity index (χ3v) is 5.46. The van der Waals surface area contributed by atoms with Crippen LogP contribution in [0, 0.1) is 0 Å². The number of rotatable bonds is 7. The second kappa shape index (κ2) is 9.05. The maximum Gasteiger partial charge on any atom is 0.251 e. The number of hydrogen-bond acceptors (Lipinski definition) is 3. The fourth-order valence-corrected chi connectivity index (χ4v) is 3.85. The summed E-state index contributed by atoms with van der Waals surface area (Å²) in [7, 11) is 0. The first kappa shape index (κ1) is 19.4. The summed E-state index contributed by atoms with van der Waals surface area (Å²) in [6.07, 6.45) is 6.44. The lowest BCUT2D eigenvalue weighted by Gasteiger charge is -2.15. The van der Waals surface area contributed by atoms with Crippen molar-refractivity contribution in [2.24, 2.45) is 0 Å². The molecule has 0 spiro atoms. The predicted octanol–water partition coefficient (Wildman–Crippen LogP) is 4.10. The van der Waals surface area contributed by atoms with Crippen molar-refractivity contribution in [1.82, 2.24) is 20.0 Å². The van der Waals surface area contributed by atoms with E-state index in [9.17, 15) is 4.79 Å². The van der Waals surface area contributed by atoms with Gasteiger partial charge in [0.1, 0.15) is 0 Å². The molecule has 1 amide bonds. The number of carbonyl (C=O) groups is 1. The Hall–Kier alpha value is -2.92. The number of likely N-dealkylation sites (tertiary alicyclic amines) is 1. The summed E-state index contributed by atoms with van der Waals surface area (Å²) in [6.45, 7) is 6.79. The molecule has 4 rings (SSSR count). The van der Waals surface area contributed by atoms with Crippen LogP contribution in [-0.4, -0.2) is 33.7 Å². The van der Waals surface area contributed by atoms with Gasteiger partial charge in [-0.05, 0) is 61.7 Å². The first-order valence-corrected chi connectivity index (χ1v) is 10.4. The lowest BCUT2D eigenvalue weighted by molar-refractivity contribution is 0.0951. The van der Waals surface area contributed by atoms with Crippen molar-refractivity contribution in [3.8, 4) is 11.1 Å². The summed E-state index contributed by atoms with van der Waals surface area (Å²) in [5, 5.41) is 7.38. The molecule has 29 heavy (non-hydrogen) atoms. The van der Waals surface area contributed by atoms with Crippen LogP contribution in [0.5, 0.6) is 0 Å². The molecule has 5 nitrogen and oxygen atoms in total. The Kier molecular flexibility index (Phi) is 6.06. The van der Waals surface area contributed by atoms with E-state index in [4.69, 9.17) is 0 Å². The summed E-state index contributed by atoms with van der Waals surface area (Å²) < 4.78 is 1.89. The Balaban J connectivity index is 1.39. The standard InChI is InChI=1S/C24H28N4O/c1-2-28-18-23(16-26-28)21-9-6-10-22(14-21)24(29)25-15-19-7-5-8-20(13-19)17-27-11-3-4-12-27/h5-10,13-14,16,18H,2-4,11-12,15,17H2,1H3,(H,25,29). The van der Waals surface area contributed by atoms with Crippen LogP contribution < -0.4 is 5.32 Å². The van der Waals surface area contributed by atoms with Gasteiger partial charge >= 0.3 is 0 Å². The number of nitrogens with one attached hydrogen (secondary N) is 1. The average Bonchev–Trinajstić information content (AvgIpc) is 3.44. The van der Waals surface area contributed by atoms with Crippen molar-refractivity contribution in [2.45, 2.75) is 39.4 Å². The highest BCUT2D eigenvalue weighted by Crippen LogP contribution is 2.20. The van der Waals surface area contributed by atoms with E-state index in [-0.39, 0.29) is 5.91 Å². The molecule has 1 aliphatic rings. The number of nitrogens with zero attached hydrogens (tertiary/aromatic N) is 3. The van der Waals surface area contributed by atoms with Gasteiger partial charge in [0.15, 0.2) is 0 Å². The SMILES string of the molecule is CCn1cc(-c2cccc(C(=O)NCc3cccc(CN4CCCC4)c3)c2)cn1. The van der Waals surface area contributed by atoms with E-state index >= 15 is 0 Å². The van der Waals surface area contributed by atoms with E-state index < -0.39 is 0 Å². The quantitative estimate of drug-likeness (QED) is 0.663. The van der Waals surface area contributed by atoms with Gasteiger partial charge in [-0.2, -0.15) is 5.10 Å². The predicted molar refractivity (Wildman–Crippen MR) is 115 cm³/mol. The zero-order valence-electron chi connectivity index (χ0n) is 17.0. The molecule has 5 heteroatoms. The van der Waals surface area contributed by atoms with Gasteiger partial charge in [-0.15, -0.1) is 0 Å². The second-order valence-corrected chi connectivity index (χ2v) is 7.65. The maximum absolute atomic E-state index is 12.7. The Bertz CT molecular complexity index is 972. The number of amides is 1. The van der Waals surface area contributed by atoms with Gasteiger partial charge in [-0.1, -0.05) is 36.4 Å². The van der Waals surface area contributed by atoms with Crippen molar-refractivity contribution in [2.75, 3.05) is 13.1 Å². The van der Waals surface area contributed by atoms with E-state index in [0.29, 0.717) is 12.1 Å². The highest BCUT2D eigenvalue weighted by Gasteiger charge is 2.12. The van der Waals surface area contributed by atoms with Crippen LogP contribution in [0.15, 0.2) is 60.9 Å². The molecule has 2 aromatic carbocycles. The minimum absolute atomic E-state index is 0.0559. The van der Waals surface area contributed by atoms with Crippen LogP contribution >= 0.6 is 0 Å². The van der Waals surface area contributed by atoms with Gasteiger partial charge in [0.05, 0.1) is 6.20 Å². The van der Waals surface area contributed by atoms with Crippen LogP contribution in [0.25, 0.3) is 11.1 Å². The molecule has 0 atom stereocenters. The zero-order valence-corrected chi connectivity index (χ0v) is 17.0. The Labute approximate surface area is 172 Å². The van der Waals surface area contributed by atoms with E-state index in [0.717, 1.165) is 29.8 Å². The van der Waals surface area contributed by atoms with E-state index in [1.165, 1.54) is 31.5 Å². The lowest BCUT2D eigenvalue weighted by Crippen LogP contribution is -2.23. The highest BCUT2D eigenvalue weighted by atomic mass is 16.1. The third kappa shape index (κ3) is 4.93. The first-order chi connectivity index (χ1) is 14.2. The smallest absolute Gasteiger partial charge is 0.251 e. The summed E-state index contributed by atoms with van der Waals surface area (Å²) in [6, 6.07) is 16.2. The van der Waals surface area contributed by atoms with E-state index in [2.05, 4.69) is 46.5 Å². The molecule has 1 N–H and O–H groups in total. The first-order valence-electron chi connectivity index (χ1n) is 10.4. The fourth-order valence-electron chi connectivity index (χ4n) is 3.85. The molecule has 0 radical (unpaired) electrons. The molecule has 3 aromatic rings. The number of aromatic nitrogens is 2. The maximum atomic E-state index is 12.7. The molecular weight excluding hydrogens is 360 g/mol. The molecule has 0 saturated carbocycles. The Morgan fingerprint density at radius 3 is 2.62 bits per heavy atom. The third-order valence-electron chi connectivity index (χ3n) is 5.46. The molecule has 0 bridgehead atoms. The molecule has 2 heterocycles. The minimum atomic E-state index is -0.0559. The summed E-state index contributed by atoms with van der Waals surface area (Å²) in [4.78, 5) is 15.2. The highest BCUT2D eigenvalue weighted by molar-refractivity contribution is 5.95. The van der Waals surface area contributed by atoms with Crippen molar-refractivity contribution in [3.05, 3.63) is 77.6 Å². The summed E-state index contributed by atoms with van der Waals surface area (Å²) in [5.41, 5.74) is 5.14. The van der Waals surface area contributed by atoms with Crippen LogP contribution in [0.1, 0.15) is 41.3 Å². The molecule has 0 aliphatic carbocycles. The second-order valence-electron chi connectivity index (χ2n) is 7.65. The topological polar surface area (TPSA) is 50.2 Å². The molecule has 0 unspecified atom stereocenters. The van der Waals surface area contributed by atoms with Crippen molar-refractivity contribution in [3.63, 3.8) is 0 Å². The minimum Gasteiger partial charge on any atom is -0.348 e. The largest absolute Gasteiger partial charge is 0.348 e. The molecule has 150 valence electrons. The van der Waals surface area contributed by atoms with Crippen LogP contribution in [0.4, 0.5) is 0 Å². The lowest BCUT2D eigenvalue weighted by atomic mass is 10.1. The zero-order chi connectivity index (χ0) is 20.1. The summed E-state index contributed by atoms with van der Waals surface area (Å²) >= 11 is 0. The Morgan fingerprint density at radius 2 is 1.83 bits per heavy atom. The Morgan fingerprint density at radius 1 is 1.03 bits per heavy atom. The van der Waals surface area contributed by atoms with Gasteiger partial charge in [0.2, 0.25) is 0 Å². The number of aryl methyl sites for hydroxylation is 1. The molecular formula is C24H28N4O. The van der Waals surface area contributed by atoms with Gasteiger partial charge in [0, 0.05) is 37.0 Å². The molecule has 1 aliphatic heterocycles. The normalized spacial score (nSPS) is 14.2. The van der Waals surface area contributed by atoms with Gasteiger partial charge in [-0.3, -0.25) is 14.4 Å². The molecule has 1 fully saturated rings. The average molecular weight is 389 g/mol. The van der Waals surface area contributed by atoms with Crippen LogP contribution in [0.3, 0.4) is 0 Å². The number of benzene rings is 2. The van der Waals surface area contributed by atoms with E-state index in [1.54, 1.807) is 0 Å². The van der Waals surface area contributed by atoms with Gasteiger partial charge < -0.3 is 5.32 Å². The number of carbonyl (C=O) groups excluding carboxylic acids is 1. The monoisotopic (exact) mass is 388 g/mol.